The zero-order valence-electron chi connectivity index (χ0n) is 20.0. The van der Waals surface area contributed by atoms with Gasteiger partial charge in [-0.15, -0.1) is 0 Å². The van der Waals surface area contributed by atoms with Crippen LogP contribution in [0.25, 0.3) is 0 Å². The topological polar surface area (TPSA) is 46.6 Å². The number of nitrogens with zero attached hydrogens (tertiary/aromatic N) is 1. The average Bonchev–Trinajstić information content (AvgIpc) is 3.27. The normalized spacial score (nSPS) is 19.8. The van der Waals surface area contributed by atoms with Crippen molar-refractivity contribution in [2.24, 2.45) is 5.92 Å². The lowest BCUT2D eigenvalue weighted by molar-refractivity contribution is 0.223. The first-order chi connectivity index (χ1) is 15.9. The maximum absolute atomic E-state index is 12.7. The van der Waals surface area contributed by atoms with Crippen molar-refractivity contribution in [1.29, 1.82) is 0 Å². The lowest BCUT2D eigenvalue weighted by Gasteiger charge is -2.19. The van der Waals surface area contributed by atoms with Crippen LogP contribution in [-0.2, 0) is 27.5 Å². The summed E-state index contributed by atoms with van der Waals surface area (Å²) < 4.78 is 31.3. The first kappa shape index (κ1) is 25.3. The highest BCUT2D eigenvalue weighted by Crippen LogP contribution is 2.26. The van der Waals surface area contributed by atoms with E-state index < -0.39 is 9.84 Å². The van der Waals surface area contributed by atoms with E-state index in [1.807, 2.05) is 19.1 Å². The second kappa shape index (κ2) is 12.2. The fourth-order valence-corrected chi connectivity index (χ4v) is 5.42. The van der Waals surface area contributed by atoms with Gasteiger partial charge in [-0.3, -0.25) is 4.90 Å². The molecule has 5 heteroatoms. The van der Waals surface area contributed by atoms with Gasteiger partial charge in [0.1, 0.15) is 5.76 Å². The molecule has 0 spiro atoms. The number of rotatable bonds is 11. The molecule has 1 saturated heterocycles. The van der Waals surface area contributed by atoms with Crippen LogP contribution in [0.1, 0.15) is 44.2 Å². The van der Waals surface area contributed by atoms with Crippen LogP contribution in [0, 0.1) is 5.92 Å². The van der Waals surface area contributed by atoms with Gasteiger partial charge in [0.25, 0.3) is 0 Å². The fraction of sp³-hybridized carbons (Fsp3) is 0.429. The molecule has 0 bridgehead atoms. The molecule has 1 aliphatic heterocycles. The summed E-state index contributed by atoms with van der Waals surface area (Å²) >= 11 is 0. The molecule has 0 N–H and O–H groups in total. The second-order valence-corrected chi connectivity index (χ2v) is 11.1. The number of likely N-dealkylation sites (tertiary alicyclic amines) is 1. The highest BCUT2D eigenvalue weighted by Gasteiger charge is 2.20. The van der Waals surface area contributed by atoms with Crippen LogP contribution in [0.5, 0.6) is 0 Å². The van der Waals surface area contributed by atoms with Crippen molar-refractivity contribution >= 4 is 9.84 Å². The van der Waals surface area contributed by atoms with Gasteiger partial charge in [-0.05, 0) is 74.5 Å². The van der Waals surface area contributed by atoms with E-state index in [0.29, 0.717) is 6.61 Å². The van der Waals surface area contributed by atoms with Crippen LogP contribution in [-0.4, -0.2) is 38.8 Å². The minimum absolute atomic E-state index is 0.0183. The summed E-state index contributed by atoms with van der Waals surface area (Å²) in [6, 6.07) is 8.81. The number of ether oxygens (including phenoxy) is 1. The minimum atomic E-state index is -3.43. The van der Waals surface area contributed by atoms with Crippen LogP contribution in [0.15, 0.2) is 83.5 Å². The molecule has 0 radical (unpaired) electrons. The summed E-state index contributed by atoms with van der Waals surface area (Å²) in [6.45, 7) is 11.7. The molecular weight excluding hydrogens is 430 g/mol. The number of sulfone groups is 1. The van der Waals surface area contributed by atoms with Crippen LogP contribution >= 0.6 is 0 Å². The molecule has 3 rings (SSSR count). The van der Waals surface area contributed by atoms with E-state index in [9.17, 15) is 8.42 Å². The molecule has 0 saturated carbocycles. The third kappa shape index (κ3) is 8.17. The Morgan fingerprint density at radius 2 is 1.85 bits per heavy atom. The smallest absolute Gasteiger partial charge is 0.181 e. The van der Waals surface area contributed by atoms with E-state index in [-0.39, 0.29) is 16.6 Å². The van der Waals surface area contributed by atoms with Crippen molar-refractivity contribution in [1.82, 2.24) is 4.90 Å². The Morgan fingerprint density at radius 1 is 1.15 bits per heavy atom. The first-order valence-electron chi connectivity index (χ1n) is 11.9. The molecule has 1 aromatic rings. The Labute approximate surface area is 199 Å². The van der Waals surface area contributed by atoms with Gasteiger partial charge in [-0.2, -0.15) is 0 Å². The van der Waals surface area contributed by atoms with Crippen LogP contribution in [0.2, 0.25) is 0 Å². The molecule has 1 aromatic carbocycles. The van der Waals surface area contributed by atoms with E-state index in [1.54, 1.807) is 18.2 Å². The molecule has 0 aromatic heterocycles. The van der Waals surface area contributed by atoms with Crippen molar-refractivity contribution in [3.63, 3.8) is 0 Å². The summed E-state index contributed by atoms with van der Waals surface area (Å²) in [5.74, 6) is 0.988. The highest BCUT2D eigenvalue weighted by atomic mass is 32.2. The molecule has 1 unspecified atom stereocenters. The summed E-state index contributed by atoms with van der Waals surface area (Å²) in [4.78, 5) is 2.65. The quantitative estimate of drug-likeness (QED) is 0.389. The maximum Gasteiger partial charge on any atom is 0.181 e. The summed E-state index contributed by atoms with van der Waals surface area (Å²) in [5, 5.41) is 0. The highest BCUT2D eigenvalue weighted by molar-refractivity contribution is 7.95. The molecular formula is C28H37NO3S. The Morgan fingerprint density at radius 3 is 2.55 bits per heavy atom. The SMILES string of the molecule is C=C(/C=C\C=C/C)S(=O)(=O)CC1=CC(OCCc2ccc(CN3CCCC3)cc2)=CC(C)C1. The van der Waals surface area contributed by atoms with Crippen molar-refractivity contribution in [2.45, 2.75) is 46.1 Å². The molecule has 1 heterocycles. The van der Waals surface area contributed by atoms with E-state index in [2.05, 4.69) is 48.7 Å². The summed E-state index contributed by atoms with van der Waals surface area (Å²) in [5.41, 5.74) is 3.48. The minimum Gasteiger partial charge on any atom is -0.494 e. The summed E-state index contributed by atoms with van der Waals surface area (Å²) in [7, 11) is -3.43. The molecule has 0 amide bonds. The van der Waals surface area contributed by atoms with Crippen molar-refractivity contribution in [2.75, 3.05) is 25.4 Å². The average molecular weight is 468 g/mol. The van der Waals surface area contributed by atoms with Crippen LogP contribution < -0.4 is 0 Å². The molecule has 1 aliphatic carbocycles. The standard InChI is InChI=1S/C28H37NO3S/c1-4-5-6-9-24(3)33(30,31)22-27-18-23(2)19-28(20-27)32-17-14-25-10-12-26(13-11-25)21-29-15-7-8-16-29/h4-6,9-13,19-20,23H,3,7-8,14-18,21-22H2,1-2H3/b5-4-,9-6-. The van der Waals surface area contributed by atoms with Gasteiger partial charge < -0.3 is 4.74 Å². The molecule has 4 nitrogen and oxygen atoms in total. The number of hydrogen-bond acceptors (Lipinski definition) is 4. The van der Waals surface area contributed by atoms with Crippen molar-refractivity contribution in [3.05, 3.63) is 94.7 Å². The second-order valence-electron chi connectivity index (χ2n) is 9.06. The Kier molecular flexibility index (Phi) is 9.33. The molecule has 33 heavy (non-hydrogen) atoms. The molecule has 1 fully saturated rings. The first-order valence-corrected chi connectivity index (χ1v) is 13.6. The zero-order chi connectivity index (χ0) is 23.7. The molecule has 2 aliphatic rings. The molecule has 178 valence electrons. The third-order valence-corrected chi connectivity index (χ3v) is 7.71. The maximum atomic E-state index is 12.7. The largest absolute Gasteiger partial charge is 0.494 e. The Balaban J connectivity index is 1.51. The van der Waals surface area contributed by atoms with Gasteiger partial charge in [0.2, 0.25) is 0 Å². The van der Waals surface area contributed by atoms with Crippen LogP contribution in [0.3, 0.4) is 0 Å². The lowest BCUT2D eigenvalue weighted by Crippen LogP contribution is -2.18. The lowest BCUT2D eigenvalue weighted by atomic mass is 9.96. The molecule has 1 atom stereocenters. The van der Waals surface area contributed by atoms with E-state index in [1.165, 1.54) is 37.1 Å². The van der Waals surface area contributed by atoms with Gasteiger partial charge in [-0.25, -0.2) is 8.42 Å². The number of hydrogen-bond donors (Lipinski definition) is 0. The Bertz CT molecular complexity index is 1020. The van der Waals surface area contributed by atoms with Gasteiger partial charge in [0, 0.05) is 13.0 Å². The van der Waals surface area contributed by atoms with Gasteiger partial charge >= 0.3 is 0 Å². The number of allylic oxidation sites excluding steroid dienone is 6. The van der Waals surface area contributed by atoms with Gasteiger partial charge in [0.05, 0.1) is 17.3 Å². The summed E-state index contributed by atoms with van der Waals surface area (Å²) in [6.07, 6.45) is 15.0. The Hall–Kier alpha value is -2.37. The van der Waals surface area contributed by atoms with E-state index in [0.717, 1.165) is 30.7 Å². The third-order valence-electron chi connectivity index (χ3n) is 6.03. The van der Waals surface area contributed by atoms with Gasteiger partial charge in [-0.1, -0.05) is 61.6 Å². The zero-order valence-corrected chi connectivity index (χ0v) is 20.8. The van der Waals surface area contributed by atoms with Crippen molar-refractivity contribution < 1.29 is 13.2 Å². The van der Waals surface area contributed by atoms with Gasteiger partial charge in [0.15, 0.2) is 9.84 Å². The van der Waals surface area contributed by atoms with E-state index in [4.69, 9.17) is 4.74 Å². The van der Waals surface area contributed by atoms with Crippen molar-refractivity contribution in [3.8, 4) is 0 Å². The predicted octanol–water partition coefficient (Wildman–Crippen LogP) is 5.75. The monoisotopic (exact) mass is 467 g/mol. The van der Waals surface area contributed by atoms with Crippen LogP contribution in [0.4, 0.5) is 0 Å². The predicted molar refractivity (Wildman–Crippen MR) is 137 cm³/mol. The fourth-order valence-electron chi connectivity index (χ4n) is 4.26. The number of benzene rings is 1. The van der Waals surface area contributed by atoms with E-state index >= 15 is 0 Å².